The van der Waals surface area contributed by atoms with Gasteiger partial charge in [0, 0.05) is 13.5 Å². The summed E-state index contributed by atoms with van der Waals surface area (Å²) >= 11 is 6.06. The van der Waals surface area contributed by atoms with Crippen LogP contribution in [0.4, 0.5) is 5.82 Å². The Morgan fingerprint density at radius 2 is 2.00 bits per heavy atom. The van der Waals surface area contributed by atoms with E-state index in [-0.39, 0.29) is 0 Å². The fourth-order valence-electron chi connectivity index (χ4n) is 1.47. The quantitative estimate of drug-likeness (QED) is 0.846. The number of nitrogens with two attached hydrogens (primary N) is 1. The molecule has 0 fully saturated rings. The van der Waals surface area contributed by atoms with Crippen molar-refractivity contribution in [2.24, 2.45) is 7.05 Å². The molecule has 2 aromatic rings. The maximum atomic E-state index is 6.06. The Bertz CT molecular complexity index is 462. The maximum Gasteiger partial charge on any atom is 0.140 e. The number of anilines is 1. The summed E-state index contributed by atoms with van der Waals surface area (Å²) in [5, 5.41) is 4.82. The molecule has 78 valence electrons. The predicted molar refractivity (Wildman–Crippen MR) is 61.9 cm³/mol. The zero-order valence-electron chi connectivity index (χ0n) is 8.44. The molecule has 1 aromatic carbocycles. The third kappa shape index (κ3) is 1.97. The van der Waals surface area contributed by atoms with Crippen LogP contribution in [0.25, 0.3) is 0 Å². The third-order valence-electron chi connectivity index (χ3n) is 2.31. The molecule has 2 N–H and O–H groups in total. The number of aromatic nitrogens is 2. The molecule has 0 saturated heterocycles. The lowest BCUT2D eigenvalue weighted by Gasteiger charge is -1.97. The largest absolute Gasteiger partial charge is 0.383 e. The van der Waals surface area contributed by atoms with E-state index in [1.807, 2.05) is 30.3 Å². The van der Waals surface area contributed by atoms with Gasteiger partial charge in [0.25, 0.3) is 0 Å². The van der Waals surface area contributed by atoms with E-state index < -0.39 is 0 Å². The van der Waals surface area contributed by atoms with Gasteiger partial charge in [-0.1, -0.05) is 41.9 Å². The molecule has 0 bridgehead atoms. The Kier molecular flexibility index (Phi) is 2.64. The first-order valence-corrected chi connectivity index (χ1v) is 5.07. The molecule has 3 nitrogen and oxygen atoms in total. The van der Waals surface area contributed by atoms with Crippen LogP contribution in [0.1, 0.15) is 11.3 Å². The fraction of sp³-hybridized carbons (Fsp3) is 0.182. The van der Waals surface area contributed by atoms with Crippen LogP contribution in [0.2, 0.25) is 5.02 Å². The first-order valence-electron chi connectivity index (χ1n) is 4.69. The molecule has 0 amide bonds. The number of rotatable bonds is 2. The molecule has 0 aliphatic carbocycles. The van der Waals surface area contributed by atoms with Crippen LogP contribution in [0, 0.1) is 0 Å². The fourth-order valence-corrected chi connectivity index (χ4v) is 1.70. The van der Waals surface area contributed by atoms with Gasteiger partial charge in [0.15, 0.2) is 0 Å². The summed E-state index contributed by atoms with van der Waals surface area (Å²) in [5.41, 5.74) is 7.73. The molecular weight excluding hydrogens is 210 g/mol. The van der Waals surface area contributed by atoms with Crippen molar-refractivity contribution in [2.75, 3.05) is 5.73 Å². The molecule has 0 atom stereocenters. The van der Waals surface area contributed by atoms with E-state index in [0.29, 0.717) is 17.3 Å². The molecule has 1 heterocycles. The van der Waals surface area contributed by atoms with Gasteiger partial charge in [-0.25, -0.2) is 0 Å². The van der Waals surface area contributed by atoms with Crippen molar-refractivity contribution < 1.29 is 0 Å². The first kappa shape index (κ1) is 10.1. The second-order valence-corrected chi connectivity index (χ2v) is 3.81. The Balaban J connectivity index is 2.29. The summed E-state index contributed by atoms with van der Waals surface area (Å²) in [5.74, 6) is 0.516. The Hall–Kier alpha value is -1.48. The summed E-state index contributed by atoms with van der Waals surface area (Å²) < 4.78 is 1.60. The Morgan fingerprint density at radius 3 is 2.53 bits per heavy atom. The molecule has 15 heavy (non-hydrogen) atoms. The van der Waals surface area contributed by atoms with Crippen molar-refractivity contribution in [3.8, 4) is 0 Å². The predicted octanol–water partition coefficient (Wildman–Crippen LogP) is 2.25. The Labute approximate surface area is 93.5 Å². The van der Waals surface area contributed by atoms with Crippen LogP contribution in [0.5, 0.6) is 0 Å². The molecule has 0 spiro atoms. The summed E-state index contributed by atoms with van der Waals surface area (Å²) in [7, 11) is 1.79. The molecule has 2 rings (SSSR count). The number of nitrogens with zero attached hydrogens (tertiary/aromatic N) is 2. The second kappa shape index (κ2) is 3.95. The van der Waals surface area contributed by atoms with Gasteiger partial charge in [-0.3, -0.25) is 4.68 Å². The Morgan fingerprint density at radius 1 is 1.33 bits per heavy atom. The van der Waals surface area contributed by atoms with Crippen LogP contribution in [-0.2, 0) is 13.5 Å². The van der Waals surface area contributed by atoms with Crippen molar-refractivity contribution in [3.63, 3.8) is 0 Å². The molecule has 1 aromatic heterocycles. The van der Waals surface area contributed by atoms with Crippen LogP contribution < -0.4 is 5.73 Å². The van der Waals surface area contributed by atoms with Crippen LogP contribution in [0.3, 0.4) is 0 Å². The number of benzene rings is 1. The topological polar surface area (TPSA) is 43.8 Å². The SMILES string of the molecule is Cn1nc(Cc2ccccc2)c(Cl)c1N. The van der Waals surface area contributed by atoms with E-state index in [4.69, 9.17) is 17.3 Å². The molecule has 0 unspecified atom stereocenters. The van der Waals surface area contributed by atoms with Crippen LogP contribution in [0.15, 0.2) is 30.3 Å². The molecule has 0 saturated carbocycles. The highest BCUT2D eigenvalue weighted by molar-refractivity contribution is 6.33. The number of aryl methyl sites for hydroxylation is 1. The van der Waals surface area contributed by atoms with E-state index in [0.717, 1.165) is 5.69 Å². The maximum absolute atomic E-state index is 6.06. The summed E-state index contributed by atoms with van der Waals surface area (Å²) in [6.07, 6.45) is 0.713. The average Bonchev–Trinajstić information content (AvgIpc) is 2.48. The van der Waals surface area contributed by atoms with Gasteiger partial charge in [-0.05, 0) is 5.56 Å². The highest BCUT2D eigenvalue weighted by atomic mass is 35.5. The zero-order chi connectivity index (χ0) is 10.8. The third-order valence-corrected chi connectivity index (χ3v) is 2.72. The number of hydrogen-bond acceptors (Lipinski definition) is 2. The van der Waals surface area contributed by atoms with E-state index >= 15 is 0 Å². The van der Waals surface area contributed by atoms with Crippen LogP contribution in [-0.4, -0.2) is 9.78 Å². The minimum atomic E-state index is 0.516. The van der Waals surface area contributed by atoms with E-state index in [1.165, 1.54) is 5.56 Å². The molecule has 0 aliphatic rings. The number of hydrogen-bond donors (Lipinski definition) is 1. The minimum Gasteiger partial charge on any atom is -0.383 e. The zero-order valence-corrected chi connectivity index (χ0v) is 9.20. The normalized spacial score (nSPS) is 10.5. The first-order chi connectivity index (χ1) is 7.18. The highest BCUT2D eigenvalue weighted by Gasteiger charge is 2.11. The van der Waals surface area contributed by atoms with Crippen molar-refractivity contribution in [1.82, 2.24) is 9.78 Å². The van der Waals surface area contributed by atoms with E-state index in [1.54, 1.807) is 11.7 Å². The van der Waals surface area contributed by atoms with Gasteiger partial charge in [-0.15, -0.1) is 0 Å². The average molecular weight is 222 g/mol. The lowest BCUT2D eigenvalue weighted by Crippen LogP contribution is -1.97. The van der Waals surface area contributed by atoms with Crippen molar-refractivity contribution in [3.05, 3.63) is 46.6 Å². The molecular formula is C11H12ClN3. The number of halogens is 1. The van der Waals surface area contributed by atoms with E-state index in [9.17, 15) is 0 Å². The summed E-state index contributed by atoms with van der Waals surface area (Å²) in [6.45, 7) is 0. The van der Waals surface area contributed by atoms with Gasteiger partial charge in [0.05, 0.1) is 5.69 Å². The van der Waals surface area contributed by atoms with Crippen LogP contribution >= 0.6 is 11.6 Å². The monoisotopic (exact) mass is 221 g/mol. The van der Waals surface area contributed by atoms with Gasteiger partial charge in [0.1, 0.15) is 10.8 Å². The van der Waals surface area contributed by atoms with Gasteiger partial charge >= 0.3 is 0 Å². The smallest absolute Gasteiger partial charge is 0.140 e. The van der Waals surface area contributed by atoms with Gasteiger partial charge in [0.2, 0.25) is 0 Å². The van der Waals surface area contributed by atoms with E-state index in [2.05, 4.69) is 5.10 Å². The molecule has 0 radical (unpaired) electrons. The van der Waals surface area contributed by atoms with Crippen molar-refractivity contribution in [1.29, 1.82) is 0 Å². The lowest BCUT2D eigenvalue weighted by atomic mass is 10.1. The standard InChI is InChI=1S/C11H12ClN3/c1-15-11(13)10(12)9(14-15)7-8-5-3-2-4-6-8/h2-6H,7,13H2,1H3. The molecule has 0 aliphatic heterocycles. The van der Waals surface area contributed by atoms with Gasteiger partial charge < -0.3 is 5.73 Å². The van der Waals surface area contributed by atoms with Crippen molar-refractivity contribution >= 4 is 17.4 Å². The minimum absolute atomic E-state index is 0.516. The van der Waals surface area contributed by atoms with Crippen molar-refractivity contribution in [2.45, 2.75) is 6.42 Å². The molecule has 4 heteroatoms. The summed E-state index contributed by atoms with van der Waals surface area (Å²) in [6, 6.07) is 10.1. The highest BCUT2D eigenvalue weighted by Crippen LogP contribution is 2.24. The lowest BCUT2D eigenvalue weighted by molar-refractivity contribution is 0.759. The second-order valence-electron chi connectivity index (χ2n) is 3.43. The van der Waals surface area contributed by atoms with Gasteiger partial charge in [-0.2, -0.15) is 5.10 Å². The number of nitrogen functional groups attached to an aromatic ring is 1. The summed E-state index contributed by atoms with van der Waals surface area (Å²) in [4.78, 5) is 0.